The lowest BCUT2D eigenvalue weighted by Gasteiger charge is -2.11. The van der Waals surface area contributed by atoms with Crippen molar-refractivity contribution in [2.24, 2.45) is 0 Å². The van der Waals surface area contributed by atoms with E-state index in [0.29, 0.717) is 22.8 Å². The van der Waals surface area contributed by atoms with Gasteiger partial charge in [0.15, 0.2) is 22.5 Å². The van der Waals surface area contributed by atoms with E-state index < -0.39 is 11.8 Å². The monoisotopic (exact) mass is 442 g/mol. The number of carbonyl (C=O) groups excluding carboxylic acids is 2. The molecule has 2 heterocycles. The first kappa shape index (κ1) is 20.3. The van der Waals surface area contributed by atoms with Gasteiger partial charge in [0.2, 0.25) is 6.79 Å². The van der Waals surface area contributed by atoms with E-state index in [1.54, 1.807) is 31.2 Å². The van der Waals surface area contributed by atoms with Crippen LogP contribution in [0.25, 0.3) is 22.3 Å². The van der Waals surface area contributed by atoms with Crippen molar-refractivity contribution < 1.29 is 23.5 Å². The fraction of sp³-hybridized carbons (Fsp3) is 0.0800. The van der Waals surface area contributed by atoms with Gasteiger partial charge >= 0.3 is 0 Å². The molecule has 0 unspecified atom stereocenters. The van der Waals surface area contributed by atoms with Gasteiger partial charge in [0.05, 0.1) is 10.9 Å². The van der Waals surface area contributed by atoms with Crippen molar-refractivity contribution in [2.45, 2.75) is 6.92 Å². The Morgan fingerprint density at radius 2 is 1.61 bits per heavy atom. The van der Waals surface area contributed by atoms with Crippen LogP contribution in [0.1, 0.15) is 26.3 Å². The fourth-order valence-electron chi connectivity index (χ4n) is 3.64. The maximum Gasteiger partial charge on any atom is 0.273 e. The molecule has 0 fully saturated rings. The molecule has 3 aromatic carbocycles. The van der Waals surface area contributed by atoms with E-state index in [1.165, 1.54) is 12.1 Å². The second-order valence-corrected chi connectivity index (χ2v) is 7.41. The molecule has 0 saturated carbocycles. The molecular weight excluding hydrogens is 424 g/mol. The van der Waals surface area contributed by atoms with Gasteiger partial charge in [-0.25, -0.2) is 0 Å². The maximum absolute atomic E-state index is 13.0. The first-order valence-corrected chi connectivity index (χ1v) is 10.1. The Hall–Kier alpha value is -4.59. The van der Waals surface area contributed by atoms with Crippen LogP contribution in [0.3, 0.4) is 0 Å². The van der Waals surface area contributed by atoms with Crippen LogP contribution in [-0.4, -0.2) is 18.6 Å². The van der Waals surface area contributed by atoms with Gasteiger partial charge in [-0.2, -0.15) is 0 Å². The summed E-state index contributed by atoms with van der Waals surface area (Å²) >= 11 is 0. The predicted molar refractivity (Wildman–Crippen MR) is 120 cm³/mol. The Kier molecular flexibility index (Phi) is 5.02. The largest absolute Gasteiger partial charge is 0.455 e. The van der Waals surface area contributed by atoms with E-state index in [1.807, 2.05) is 30.3 Å². The van der Waals surface area contributed by atoms with Gasteiger partial charge in [0, 0.05) is 16.7 Å². The number of rotatable bonds is 3. The van der Waals surface area contributed by atoms with E-state index in [0.717, 1.165) is 5.56 Å². The Balaban J connectivity index is 1.44. The third kappa shape index (κ3) is 3.67. The number of carbonyl (C=O) groups is 2. The third-order valence-corrected chi connectivity index (χ3v) is 5.35. The number of para-hydroxylation sites is 1. The highest BCUT2D eigenvalue weighted by Crippen LogP contribution is 2.32. The predicted octanol–water partition coefficient (Wildman–Crippen LogP) is 3.57. The molecule has 2 N–H and O–H groups in total. The fourth-order valence-corrected chi connectivity index (χ4v) is 3.64. The number of ether oxygens (including phenoxy) is 2. The molecule has 1 aliphatic rings. The highest BCUT2D eigenvalue weighted by Gasteiger charge is 2.20. The van der Waals surface area contributed by atoms with Gasteiger partial charge in [-0.3, -0.25) is 25.2 Å². The van der Waals surface area contributed by atoms with Crippen molar-refractivity contribution in [3.05, 3.63) is 93.6 Å². The summed E-state index contributed by atoms with van der Waals surface area (Å²) in [6.07, 6.45) is 0. The first-order valence-electron chi connectivity index (χ1n) is 10.1. The number of hydrogen-bond donors (Lipinski definition) is 2. The van der Waals surface area contributed by atoms with Gasteiger partial charge in [0.1, 0.15) is 5.76 Å². The zero-order valence-corrected chi connectivity index (χ0v) is 17.5. The van der Waals surface area contributed by atoms with Crippen LogP contribution in [0.15, 0.2) is 75.9 Å². The van der Waals surface area contributed by atoms with Crippen LogP contribution in [0, 0.1) is 6.92 Å². The second kappa shape index (κ2) is 8.16. The molecule has 1 aliphatic heterocycles. The standard InChI is InChI=1S/C25H18N2O6/c1-14-21(28)17-8-5-9-18(23(17)33-22(14)15-6-3-2-4-7-15)25(30)27-26-24(29)16-10-11-19-20(12-16)32-13-31-19/h2-12H,13H2,1H3,(H,26,29)(H,27,30). The lowest BCUT2D eigenvalue weighted by atomic mass is 10.0. The van der Waals surface area contributed by atoms with Gasteiger partial charge < -0.3 is 13.9 Å². The zero-order chi connectivity index (χ0) is 22.9. The van der Waals surface area contributed by atoms with Gasteiger partial charge in [-0.05, 0) is 37.3 Å². The number of fused-ring (bicyclic) bond motifs is 2. The summed E-state index contributed by atoms with van der Waals surface area (Å²) < 4.78 is 16.5. The first-order chi connectivity index (χ1) is 16.0. The van der Waals surface area contributed by atoms with Crippen molar-refractivity contribution >= 4 is 22.8 Å². The average molecular weight is 442 g/mol. The van der Waals surface area contributed by atoms with Crippen LogP contribution in [0.5, 0.6) is 11.5 Å². The minimum atomic E-state index is -0.624. The number of benzene rings is 3. The van der Waals surface area contributed by atoms with E-state index >= 15 is 0 Å². The van der Waals surface area contributed by atoms with Crippen LogP contribution in [0.2, 0.25) is 0 Å². The number of hydrazine groups is 1. The zero-order valence-electron chi connectivity index (χ0n) is 17.5. The quantitative estimate of drug-likeness (QED) is 0.470. The van der Waals surface area contributed by atoms with Crippen LogP contribution >= 0.6 is 0 Å². The van der Waals surface area contributed by atoms with E-state index in [-0.39, 0.29) is 34.3 Å². The summed E-state index contributed by atoms with van der Waals surface area (Å²) in [4.78, 5) is 38.3. The average Bonchev–Trinajstić information content (AvgIpc) is 3.32. The molecule has 0 spiro atoms. The molecule has 8 nitrogen and oxygen atoms in total. The smallest absolute Gasteiger partial charge is 0.273 e. The Labute approximate surface area is 187 Å². The van der Waals surface area contributed by atoms with Crippen LogP contribution < -0.4 is 25.8 Å². The lowest BCUT2D eigenvalue weighted by Crippen LogP contribution is -2.41. The molecular formula is C25H18N2O6. The molecule has 1 aromatic heterocycles. The van der Waals surface area contributed by atoms with Gasteiger partial charge in [0.25, 0.3) is 11.8 Å². The topological polar surface area (TPSA) is 107 Å². The molecule has 33 heavy (non-hydrogen) atoms. The third-order valence-electron chi connectivity index (χ3n) is 5.35. The number of amides is 2. The number of nitrogens with one attached hydrogen (secondary N) is 2. The molecule has 4 aromatic rings. The summed E-state index contributed by atoms with van der Waals surface area (Å²) in [6.45, 7) is 1.78. The van der Waals surface area contributed by atoms with E-state index in [2.05, 4.69) is 10.9 Å². The molecule has 164 valence electrons. The molecule has 8 heteroatoms. The van der Waals surface area contributed by atoms with Gasteiger partial charge in [-0.1, -0.05) is 36.4 Å². The molecule has 5 rings (SSSR count). The summed E-state index contributed by atoms with van der Waals surface area (Å²) in [6, 6.07) is 18.6. The summed E-state index contributed by atoms with van der Waals surface area (Å²) in [5, 5.41) is 0.280. The molecule has 0 aliphatic carbocycles. The summed E-state index contributed by atoms with van der Waals surface area (Å²) in [5.74, 6) is 0.224. The Bertz CT molecular complexity index is 1460. The van der Waals surface area contributed by atoms with E-state index in [4.69, 9.17) is 13.9 Å². The maximum atomic E-state index is 13.0. The van der Waals surface area contributed by atoms with E-state index in [9.17, 15) is 14.4 Å². The van der Waals surface area contributed by atoms with Crippen molar-refractivity contribution in [1.82, 2.24) is 10.9 Å². The molecule has 2 amide bonds. The van der Waals surface area contributed by atoms with Crippen molar-refractivity contribution in [3.8, 4) is 22.8 Å². The van der Waals surface area contributed by atoms with Crippen molar-refractivity contribution in [1.29, 1.82) is 0 Å². The normalized spacial score (nSPS) is 11.9. The van der Waals surface area contributed by atoms with Crippen molar-refractivity contribution in [3.63, 3.8) is 0 Å². The Morgan fingerprint density at radius 1 is 0.848 bits per heavy atom. The molecule has 0 radical (unpaired) electrons. The van der Waals surface area contributed by atoms with Crippen LogP contribution in [-0.2, 0) is 0 Å². The molecule has 0 bridgehead atoms. The lowest BCUT2D eigenvalue weighted by molar-refractivity contribution is 0.0847. The minimum Gasteiger partial charge on any atom is -0.455 e. The molecule has 0 atom stereocenters. The molecule has 0 saturated heterocycles. The van der Waals surface area contributed by atoms with Crippen LogP contribution in [0.4, 0.5) is 0 Å². The minimum absolute atomic E-state index is 0.0911. The second-order valence-electron chi connectivity index (χ2n) is 7.41. The SMILES string of the molecule is Cc1c(-c2ccccc2)oc2c(C(=O)NNC(=O)c3ccc4c(c3)OCO4)cccc2c1=O. The Morgan fingerprint density at radius 3 is 2.42 bits per heavy atom. The van der Waals surface area contributed by atoms with Gasteiger partial charge in [-0.15, -0.1) is 0 Å². The summed E-state index contributed by atoms with van der Waals surface area (Å²) in [5.41, 5.74) is 6.23. The highest BCUT2D eigenvalue weighted by molar-refractivity contribution is 6.06. The number of hydrogen-bond acceptors (Lipinski definition) is 6. The highest BCUT2D eigenvalue weighted by atomic mass is 16.7. The van der Waals surface area contributed by atoms with Crippen molar-refractivity contribution in [2.75, 3.05) is 6.79 Å². The summed E-state index contributed by atoms with van der Waals surface area (Å²) in [7, 11) is 0.